The fourth-order valence-corrected chi connectivity index (χ4v) is 1.79. The van der Waals surface area contributed by atoms with E-state index in [1.165, 1.54) is 0 Å². The minimum absolute atomic E-state index is 0.0428. The van der Waals surface area contributed by atoms with Gasteiger partial charge in [0.2, 0.25) is 0 Å². The van der Waals surface area contributed by atoms with E-state index in [9.17, 15) is 0 Å². The molecule has 0 aromatic rings. The first kappa shape index (κ1) is 7.49. The van der Waals surface area contributed by atoms with Crippen molar-refractivity contribution in [2.75, 3.05) is 0 Å². The predicted octanol–water partition coefficient (Wildman–Crippen LogP) is 2.05. The Labute approximate surface area is 66.6 Å². The van der Waals surface area contributed by atoms with E-state index in [0.29, 0.717) is 0 Å². The fraction of sp³-hybridized carbons (Fsp3) is 0.667. The molecule has 3 heteroatoms. The first-order chi connectivity index (χ1) is 4.18. The van der Waals surface area contributed by atoms with Crippen LogP contribution in [0.5, 0.6) is 0 Å². The van der Waals surface area contributed by atoms with Gasteiger partial charge in [-0.15, -0.1) is 28.7 Å². The Morgan fingerprint density at radius 3 is 2.67 bits per heavy atom. The number of hydrogen-bond acceptors (Lipinski definition) is 0. The van der Waals surface area contributed by atoms with E-state index in [4.69, 9.17) is 31.0 Å². The Balaban J connectivity index is 2.56. The second-order valence-electron chi connectivity index (χ2n) is 2.29. The lowest BCUT2D eigenvalue weighted by molar-refractivity contribution is 0.736. The Morgan fingerprint density at radius 2 is 2.22 bits per heavy atom. The summed E-state index contributed by atoms with van der Waals surface area (Å²) in [6, 6.07) is 0. The molecule has 0 saturated heterocycles. The average molecular weight is 161 g/mol. The van der Waals surface area contributed by atoms with Gasteiger partial charge in [0, 0.05) is 5.38 Å². The quantitative estimate of drug-likeness (QED) is 0.376. The van der Waals surface area contributed by atoms with Crippen LogP contribution in [0.15, 0.2) is 11.5 Å². The van der Waals surface area contributed by atoms with Crippen LogP contribution in [0.1, 0.15) is 12.8 Å². The van der Waals surface area contributed by atoms with Gasteiger partial charge in [0.05, 0.1) is 5.38 Å². The molecule has 0 fully saturated rings. The zero-order valence-electron chi connectivity index (χ0n) is 4.98. The topological polar surface area (TPSA) is 0 Å². The highest BCUT2D eigenvalue weighted by atomic mass is 35.5. The molecule has 0 aliphatic heterocycles. The zero-order chi connectivity index (χ0) is 6.85. The van der Waals surface area contributed by atoms with Gasteiger partial charge in [-0.3, -0.25) is 0 Å². The summed E-state index contributed by atoms with van der Waals surface area (Å²) in [5.74, 6) is 0. The summed E-state index contributed by atoms with van der Waals surface area (Å²) in [5, 5.41) is 0.179. The smallest absolute Gasteiger partial charge is 0.107 e. The van der Waals surface area contributed by atoms with Crippen LogP contribution >= 0.6 is 23.2 Å². The van der Waals surface area contributed by atoms with E-state index < -0.39 is 0 Å². The highest BCUT2D eigenvalue weighted by Gasteiger charge is 2.15. The van der Waals surface area contributed by atoms with Gasteiger partial charge >= 0.3 is 0 Å². The molecule has 1 aliphatic carbocycles. The third kappa shape index (κ3) is 2.23. The fourth-order valence-electron chi connectivity index (χ4n) is 0.952. The summed E-state index contributed by atoms with van der Waals surface area (Å²) < 4.78 is 0. The van der Waals surface area contributed by atoms with Crippen molar-refractivity contribution >= 4 is 31.0 Å². The lowest BCUT2D eigenvalue weighted by Gasteiger charge is -2.18. The molecular formula is C6H7BCl2. The molecule has 48 valence electrons. The van der Waals surface area contributed by atoms with Crippen LogP contribution in [0.25, 0.3) is 0 Å². The van der Waals surface area contributed by atoms with Gasteiger partial charge in [-0.25, -0.2) is 0 Å². The van der Waals surface area contributed by atoms with Crippen molar-refractivity contribution in [2.24, 2.45) is 0 Å². The molecule has 0 N–H and O–H groups in total. The van der Waals surface area contributed by atoms with E-state index in [1.54, 1.807) is 0 Å². The van der Waals surface area contributed by atoms with Crippen LogP contribution in [-0.2, 0) is 0 Å². The monoisotopic (exact) mass is 160 g/mol. The zero-order valence-corrected chi connectivity index (χ0v) is 6.49. The molecule has 2 radical (unpaired) electrons. The maximum Gasteiger partial charge on any atom is 0.107 e. The molecule has 0 nitrogen and oxygen atoms in total. The van der Waals surface area contributed by atoms with Gasteiger partial charge in [-0.1, -0.05) is 6.08 Å². The third-order valence-electron chi connectivity index (χ3n) is 1.33. The third-order valence-corrected chi connectivity index (χ3v) is 1.97. The van der Waals surface area contributed by atoms with Gasteiger partial charge < -0.3 is 0 Å². The highest BCUT2D eigenvalue weighted by Crippen LogP contribution is 2.24. The van der Waals surface area contributed by atoms with Crippen molar-refractivity contribution in [3.8, 4) is 0 Å². The maximum absolute atomic E-state index is 5.80. The Bertz CT molecular complexity index is 133. The SMILES string of the molecule is [B]C1=CC(Cl)CC(Cl)C1. The second kappa shape index (κ2) is 2.98. The van der Waals surface area contributed by atoms with Gasteiger partial charge in [0.25, 0.3) is 0 Å². The van der Waals surface area contributed by atoms with Gasteiger partial charge in [0.1, 0.15) is 7.85 Å². The highest BCUT2D eigenvalue weighted by molar-refractivity contribution is 6.28. The number of rotatable bonds is 0. The predicted molar refractivity (Wildman–Crippen MR) is 42.4 cm³/mol. The molecule has 0 saturated carbocycles. The van der Waals surface area contributed by atoms with Crippen molar-refractivity contribution in [3.63, 3.8) is 0 Å². The van der Waals surface area contributed by atoms with E-state index in [1.807, 2.05) is 6.08 Å². The van der Waals surface area contributed by atoms with Crippen molar-refractivity contribution in [2.45, 2.75) is 23.6 Å². The molecule has 9 heavy (non-hydrogen) atoms. The summed E-state index contributed by atoms with van der Waals surface area (Å²) in [4.78, 5) is 0. The maximum atomic E-state index is 5.80. The molecule has 0 aromatic heterocycles. The molecule has 1 aliphatic rings. The first-order valence-electron chi connectivity index (χ1n) is 2.93. The molecule has 2 unspecified atom stereocenters. The van der Waals surface area contributed by atoms with Gasteiger partial charge in [0.15, 0.2) is 0 Å². The van der Waals surface area contributed by atoms with Gasteiger partial charge in [-0.2, -0.15) is 0 Å². The van der Waals surface area contributed by atoms with E-state index >= 15 is 0 Å². The van der Waals surface area contributed by atoms with Crippen molar-refractivity contribution < 1.29 is 0 Å². The standard InChI is InChI=1S/C6H7BCl2/c7-4-1-5(8)3-6(9)2-4/h1,5-6H,2-3H2. The van der Waals surface area contributed by atoms with Gasteiger partial charge in [-0.05, 0) is 12.8 Å². The summed E-state index contributed by atoms with van der Waals surface area (Å²) >= 11 is 11.6. The van der Waals surface area contributed by atoms with Crippen LogP contribution in [0.3, 0.4) is 0 Å². The van der Waals surface area contributed by atoms with E-state index in [2.05, 4.69) is 0 Å². The molecule has 1 rings (SSSR count). The Kier molecular flexibility index (Phi) is 2.48. The van der Waals surface area contributed by atoms with E-state index in [-0.39, 0.29) is 10.8 Å². The van der Waals surface area contributed by atoms with Crippen molar-refractivity contribution in [1.82, 2.24) is 0 Å². The number of hydrogen-bond donors (Lipinski definition) is 0. The Hall–Kier alpha value is 0.385. The van der Waals surface area contributed by atoms with Crippen LogP contribution in [0.4, 0.5) is 0 Å². The molecule has 0 heterocycles. The summed E-state index contributed by atoms with van der Waals surface area (Å²) in [6.07, 6.45) is 3.48. The van der Waals surface area contributed by atoms with Crippen LogP contribution in [0.2, 0.25) is 0 Å². The molecule has 2 atom stereocenters. The molecule has 0 aromatic carbocycles. The van der Waals surface area contributed by atoms with Crippen LogP contribution < -0.4 is 0 Å². The molecule has 0 amide bonds. The molecule has 0 spiro atoms. The van der Waals surface area contributed by atoms with Crippen molar-refractivity contribution in [1.29, 1.82) is 0 Å². The lowest BCUT2D eigenvalue weighted by atomic mass is 9.85. The average Bonchev–Trinajstić information content (AvgIpc) is 1.59. The van der Waals surface area contributed by atoms with Crippen LogP contribution in [0, 0.1) is 0 Å². The van der Waals surface area contributed by atoms with Crippen LogP contribution in [-0.4, -0.2) is 18.6 Å². The van der Waals surface area contributed by atoms with Crippen molar-refractivity contribution in [3.05, 3.63) is 11.5 Å². The number of halogens is 2. The minimum Gasteiger partial charge on any atom is -0.123 e. The summed E-state index contributed by atoms with van der Waals surface area (Å²) in [6.45, 7) is 0. The molecular weight excluding hydrogens is 154 g/mol. The second-order valence-corrected chi connectivity index (χ2v) is 3.47. The van der Waals surface area contributed by atoms with E-state index in [0.717, 1.165) is 18.3 Å². The molecule has 0 bridgehead atoms. The largest absolute Gasteiger partial charge is 0.123 e. The number of allylic oxidation sites excluding steroid dienone is 2. The first-order valence-corrected chi connectivity index (χ1v) is 3.80. The minimum atomic E-state index is 0.0428. The Morgan fingerprint density at radius 1 is 1.56 bits per heavy atom. The summed E-state index contributed by atoms with van der Waals surface area (Å²) in [7, 11) is 5.51. The normalized spacial score (nSPS) is 36.0. The lowest BCUT2D eigenvalue weighted by Crippen LogP contribution is -2.14. The summed E-state index contributed by atoms with van der Waals surface area (Å²) in [5.41, 5.74) is 0.821. The number of alkyl halides is 2.